The van der Waals surface area contributed by atoms with E-state index >= 15 is 0 Å². The van der Waals surface area contributed by atoms with E-state index in [-0.39, 0.29) is 6.04 Å². The molecule has 0 fully saturated rings. The largest absolute Gasteiger partial charge is 0.271 e. The summed E-state index contributed by atoms with van der Waals surface area (Å²) >= 11 is 9.49. The van der Waals surface area contributed by atoms with Crippen LogP contribution in [0.1, 0.15) is 22.9 Å². The van der Waals surface area contributed by atoms with Crippen molar-refractivity contribution in [1.82, 2.24) is 10.4 Å². The number of halogens is 2. The fraction of sp³-hybridized carbons (Fsp3) is 0.154. The third-order valence-electron chi connectivity index (χ3n) is 2.74. The van der Waals surface area contributed by atoms with Gasteiger partial charge in [-0.2, -0.15) is 0 Å². The minimum atomic E-state index is -0.170. The molecule has 94 valence electrons. The van der Waals surface area contributed by atoms with Crippen molar-refractivity contribution in [2.24, 2.45) is 5.84 Å². The minimum Gasteiger partial charge on any atom is -0.271 e. The Balaban J connectivity index is 2.38. The second-order valence-corrected chi connectivity index (χ2v) is 5.33. The number of hydrogen-bond donors (Lipinski definition) is 2. The molecule has 5 heteroatoms. The molecule has 0 saturated heterocycles. The number of aryl methyl sites for hydroxylation is 1. The van der Waals surface area contributed by atoms with Crippen LogP contribution in [0.3, 0.4) is 0 Å². The van der Waals surface area contributed by atoms with Crippen molar-refractivity contribution in [2.45, 2.75) is 13.0 Å². The number of hydrogen-bond acceptors (Lipinski definition) is 3. The van der Waals surface area contributed by atoms with Gasteiger partial charge < -0.3 is 0 Å². The summed E-state index contributed by atoms with van der Waals surface area (Å²) in [5, 5.41) is 0.727. The molecule has 0 aliphatic rings. The van der Waals surface area contributed by atoms with Gasteiger partial charge in [-0.3, -0.25) is 10.8 Å². The van der Waals surface area contributed by atoms with Crippen LogP contribution in [-0.4, -0.2) is 4.98 Å². The Hall–Kier alpha value is -0.940. The van der Waals surface area contributed by atoms with Crippen LogP contribution in [0.2, 0.25) is 5.02 Å². The molecule has 0 saturated carbocycles. The second-order valence-electron chi connectivity index (χ2n) is 4.01. The van der Waals surface area contributed by atoms with Crippen LogP contribution >= 0.6 is 27.5 Å². The zero-order chi connectivity index (χ0) is 13.1. The predicted octanol–water partition coefficient (Wildman–Crippen LogP) is 3.36. The highest BCUT2D eigenvalue weighted by Gasteiger charge is 2.14. The Bertz CT molecular complexity index is 542. The molecule has 0 aliphatic heterocycles. The molecule has 0 spiro atoms. The molecule has 2 rings (SSSR count). The Morgan fingerprint density at radius 3 is 2.67 bits per heavy atom. The third-order valence-corrected chi connectivity index (χ3v) is 3.62. The Morgan fingerprint density at radius 1 is 1.33 bits per heavy atom. The molecule has 0 bridgehead atoms. The number of aromatic nitrogens is 1. The van der Waals surface area contributed by atoms with E-state index in [2.05, 4.69) is 26.3 Å². The van der Waals surface area contributed by atoms with Crippen LogP contribution in [0.4, 0.5) is 0 Å². The van der Waals surface area contributed by atoms with E-state index in [0.717, 1.165) is 26.3 Å². The van der Waals surface area contributed by atoms with Crippen molar-refractivity contribution in [2.75, 3.05) is 0 Å². The molecule has 1 aromatic carbocycles. The first-order valence-electron chi connectivity index (χ1n) is 5.45. The van der Waals surface area contributed by atoms with E-state index in [4.69, 9.17) is 17.4 Å². The molecule has 1 atom stereocenters. The third kappa shape index (κ3) is 2.90. The SMILES string of the molecule is Cc1ccc(C(NN)c2ccc(Br)cn2)cc1Cl. The highest BCUT2D eigenvalue weighted by molar-refractivity contribution is 9.10. The summed E-state index contributed by atoms with van der Waals surface area (Å²) in [6, 6.07) is 9.56. The van der Waals surface area contributed by atoms with Crippen LogP contribution in [0.5, 0.6) is 0 Å². The lowest BCUT2D eigenvalue weighted by Gasteiger charge is -2.16. The molecular formula is C13H13BrClN3. The van der Waals surface area contributed by atoms with Crippen LogP contribution in [-0.2, 0) is 0 Å². The summed E-state index contributed by atoms with van der Waals surface area (Å²) in [7, 11) is 0. The maximum absolute atomic E-state index is 6.13. The monoisotopic (exact) mass is 325 g/mol. The van der Waals surface area contributed by atoms with Crippen molar-refractivity contribution in [1.29, 1.82) is 0 Å². The van der Waals surface area contributed by atoms with Gasteiger partial charge in [0.1, 0.15) is 0 Å². The summed E-state index contributed by atoms with van der Waals surface area (Å²) in [5.41, 5.74) is 5.64. The second kappa shape index (κ2) is 5.80. The van der Waals surface area contributed by atoms with E-state index in [1.165, 1.54) is 0 Å². The first kappa shape index (κ1) is 13.5. The standard InChI is InChI=1S/C13H13BrClN3/c1-8-2-3-9(6-11(8)15)13(18-16)12-5-4-10(14)7-17-12/h2-7,13,18H,16H2,1H3. The molecular weight excluding hydrogens is 314 g/mol. The van der Waals surface area contributed by atoms with Crippen molar-refractivity contribution < 1.29 is 0 Å². The summed E-state index contributed by atoms with van der Waals surface area (Å²) in [6.07, 6.45) is 1.75. The van der Waals surface area contributed by atoms with Crippen molar-refractivity contribution in [3.8, 4) is 0 Å². The predicted molar refractivity (Wildman–Crippen MR) is 77.3 cm³/mol. The molecule has 0 radical (unpaired) electrons. The van der Waals surface area contributed by atoms with Gasteiger partial charge in [0.25, 0.3) is 0 Å². The highest BCUT2D eigenvalue weighted by Crippen LogP contribution is 2.25. The number of benzene rings is 1. The van der Waals surface area contributed by atoms with E-state index in [1.54, 1.807) is 6.20 Å². The van der Waals surface area contributed by atoms with Gasteiger partial charge in [0, 0.05) is 15.7 Å². The molecule has 2 aromatic rings. The van der Waals surface area contributed by atoms with Gasteiger partial charge in [0.2, 0.25) is 0 Å². The maximum Gasteiger partial charge on any atom is 0.0881 e. The van der Waals surface area contributed by atoms with E-state index in [0.29, 0.717) is 0 Å². The van der Waals surface area contributed by atoms with E-state index in [9.17, 15) is 0 Å². The molecule has 3 N–H and O–H groups in total. The zero-order valence-corrected chi connectivity index (χ0v) is 12.2. The lowest BCUT2D eigenvalue weighted by molar-refractivity contribution is 0.620. The molecule has 18 heavy (non-hydrogen) atoms. The topological polar surface area (TPSA) is 50.9 Å². The van der Waals surface area contributed by atoms with Gasteiger partial charge in [-0.1, -0.05) is 23.7 Å². The van der Waals surface area contributed by atoms with Gasteiger partial charge in [-0.05, 0) is 52.2 Å². The van der Waals surface area contributed by atoms with Crippen molar-refractivity contribution in [3.63, 3.8) is 0 Å². The number of rotatable bonds is 3. The number of hydrazine groups is 1. The molecule has 1 aromatic heterocycles. The summed E-state index contributed by atoms with van der Waals surface area (Å²) in [6.45, 7) is 1.97. The summed E-state index contributed by atoms with van der Waals surface area (Å²) in [5.74, 6) is 5.62. The average molecular weight is 327 g/mol. The quantitative estimate of drug-likeness (QED) is 0.672. The van der Waals surface area contributed by atoms with Crippen molar-refractivity contribution in [3.05, 3.63) is 62.8 Å². The summed E-state index contributed by atoms with van der Waals surface area (Å²) in [4.78, 5) is 4.35. The van der Waals surface area contributed by atoms with Gasteiger partial charge in [0.15, 0.2) is 0 Å². The lowest BCUT2D eigenvalue weighted by atomic mass is 10.0. The fourth-order valence-electron chi connectivity index (χ4n) is 1.70. The van der Waals surface area contributed by atoms with Crippen LogP contribution in [0.25, 0.3) is 0 Å². The smallest absolute Gasteiger partial charge is 0.0881 e. The maximum atomic E-state index is 6.13. The van der Waals surface area contributed by atoms with E-state index < -0.39 is 0 Å². The van der Waals surface area contributed by atoms with Crippen LogP contribution in [0.15, 0.2) is 41.0 Å². The van der Waals surface area contributed by atoms with Crippen molar-refractivity contribution >= 4 is 27.5 Å². The average Bonchev–Trinajstić information content (AvgIpc) is 2.37. The highest BCUT2D eigenvalue weighted by atomic mass is 79.9. The van der Waals surface area contributed by atoms with Gasteiger partial charge in [0.05, 0.1) is 11.7 Å². The normalized spacial score (nSPS) is 12.4. The molecule has 0 aliphatic carbocycles. The number of nitrogens with zero attached hydrogens (tertiary/aromatic N) is 1. The number of pyridine rings is 1. The fourth-order valence-corrected chi connectivity index (χ4v) is 2.12. The van der Waals surface area contributed by atoms with Gasteiger partial charge in [-0.15, -0.1) is 0 Å². The Labute approximate surface area is 119 Å². The van der Waals surface area contributed by atoms with Gasteiger partial charge >= 0.3 is 0 Å². The molecule has 1 heterocycles. The van der Waals surface area contributed by atoms with Crippen LogP contribution in [0, 0.1) is 6.92 Å². The Kier molecular flexibility index (Phi) is 4.35. The van der Waals surface area contributed by atoms with Gasteiger partial charge in [-0.25, -0.2) is 5.43 Å². The first-order chi connectivity index (χ1) is 8.61. The molecule has 1 unspecified atom stereocenters. The minimum absolute atomic E-state index is 0.170. The molecule has 0 amide bonds. The summed E-state index contributed by atoms with van der Waals surface area (Å²) < 4.78 is 0.934. The first-order valence-corrected chi connectivity index (χ1v) is 6.62. The number of nitrogens with one attached hydrogen (secondary N) is 1. The van der Waals surface area contributed by atoms with Crippen LogP contribution < -0.4 is 11.3 Å². The lowest BCUT2D eigenvalue weighted by Crippen LogP contribution is -2.29. The van der Waals surface area contributed by atoms with E-state index in [1.807, 2.05) is 37.3 Å². The number of nitrogens with two attached hydrogens (primary N) is 1. The molecule has 3 nitrogen and oxygen atoms in total. The Morgan fingerprint density at radius 2 is 2.11 bits per heavy atom. The zero-order valence-electron chi connectivity index (χ0n) is 9.82.